The molecule has 0 saturated carbocycles. The van der Waals surface area contributed by atoms with E-state index in [4.69, 9.17) is 9.47 Å². The normalized spacial score (nSPS) is 11.1. The van der Waals surface area contributed by atoms with Crippen LogP contribution < -0.4 is 0 Å². The molecule has 0 radical (unpaired) electrons. The van der Waals surface area contributed by atoms with Crippen LogP contribution in [0.25, 0.3) is 10.6 Å². The first-order valence-corrected chi connectivity index (χ1v) is 9.27. The van der Waals surface area contributed by atoms with Crippen LogP contribution in [0, 0.1) is 0 Å². The van der Waals surface area contributed by atoms with Crippen molar-refractivity contribution in [1.29, 1.82) is 0 Å². The van der Waals surface area contributed by atoms with E-state index in [-0.39, 0.29) is 5.91 Å². The number of benzene rings is 1. The summed E-state index contributed by atoms with van der Waals surface area (Å²) < 4.78 is 10.2. The van der Waals surface area contributed by atoms with Crippen LogP contribution in [0.2, 0.25) is 0 Å². The van der Waals surface area contributed by atoms with E-state index in [1.54, 1.807) is 19.1 Å². The molecule has 0 unspecified atom stereocenters. The molecule has 0 fully saturated rings. The largest absolute Gasteiger partial charge is 0.383 e. The summed E-state index contributed by atoms with van der Waals surface area (Å²) in [5.74, 6) is 0.410. The Kier molecular flexibility index (Phi) is 7.55. The summed E-state index contributed by atoms with van der Waals surface area (Å²) in [6.07, 6.45) is 0. The molecule has 1 aromatic heterocycles. The smallest absolute Gasteiger partial charge is 0.273 e. The number of ether oxygens (including phenoxy) is 2. The molecule has 0 saturated heterocycles. The Balaban J connectivity index is 2.13. The topological polar surface area (TPSA) is 51.7 Å². The lowest BCUT2D eigenvalue weighted by Gasteiger charge is -2.20. The Bertz CT molecular complexity index is 660. The van der Waals surface area contributed by atoms with Crippen LogP contribution >= 0.6 is 11.3 Å². The molecule has 6 heteroatoms. The molecule has 136 valence electrons. The van der Waals surface area contributed by atoms with E-state index in [0.717, 1.165) is 10.6 Å². The average molecular weight is 362 g/mol. The number of aromatic nitrogens is 1. The van der Waals surface area contributed by atoms with Gasteiger partial charge in [0.2, 0.25) is 0 Å². The second-order valence-electron chi connectivity index (χ2n) is 6.09. The van der Waals surface area contributed by atoms with Crippen LogP contribution in [0.3, 0.4) is 0 Å². The molecule has 1 aromatic carbocycles. The third kappa shape index (κ3) is 5.36. The Hall–Kier alpha value is -1.76. The maximum Gasteiger partial charge on any atom is 0.273 e. The predicted molar refractivity (Wildman–Crippen MR) is 101 cm³/mol. The molecule has 2 aromatic rings. The molecule has 25 heavy (non-hydrogen) atoms. The Labute approximate surface area is 153 Å². The predicted octanol–water partition coefficient (Wildman–Crippen LogP) is 3.67. The van der Waals surface area contributed by atoms with E-state index < -0.39 is 0 Å². The summed E-state index contributed by atoms with van der Waals surface area (Å²) in [6.45, 7) is 6.36. The molecule has 0 aliphatic carbocycles. The number of rotatable bonds is 9. The molecule has 0 spiro atoms. The highest BCUT2D eigenvalue weighted by Gasteiger charge is 2.19. The van der Waals surface area contributed by atoms with Crippen molar-refractivity contribution in [2.45, 2.75) is 19.8 Å². The van der Waals surface area contributed by atoms with Crippen molar-refractivity contribution in [3.63, 3.8) is 0 Å². The van der Waals surface area contributed by atoms with Crippen molar-refractivity contribution in [1.82, 2.24) is 9.88 Å². The van der Waals surface area contributed by atoms with Gasteiger partial charge >= 0.3 is 0 Å². The van der Waals surface area contributed by atoms with E-state index in [1.807, 2.05) is 5.38 Å². The summed E-state index contributed by atoms with van der Waals surface area (Å²) in [5.41, 5.74) is 2.80. The molecule has 0 N–H and O–H groups in total. The standard InChI is InChI=1S/C19H26N2O3S/c1-14(2)15-5-7-16(8-6-15)18-20-17(13-25-18)19(22)21(9-11-23-3)10-12-24-4/h5-8,13-14H,9-12H2,1-4H3. The van der Waals surface area contributed by atoms with Gasteiger partial charge in [-0.05, 0) is 11.5 Å². The molecule has 5 nitrogen and oxygen atoms in total. The minimum atomic E-state index is -0.0876. The zero-order valence-electron chi connectivity index (χ0n) is 15.3. The Morgan fingerprint density at radius 3 is 2.24 bits per heavy atom. The quantitative estimate of drug-likeness (QED) is 0.683. The van der Waals surface area contributed by atoms with Crippen LogP contribution in [0.1, 0.15) is 35.8 Å². The number of carbonyl (C=O) groups excluding carboxylic acids is 1. The second kappa shape index (κ2) is 9.65. The maximum absolute atomic E-state index is 12.7. The van der Waals surface area contributed by atoms with Gasteiger partial charge in [-0.3, -0.25) is 4.79 Å². The van der Waals surface area contributed by atoms with E-state index in [2.05, 4.69) is 43.1 Å². The van der Waals surface area contributed by atoms with E-state index in [0.29, 0.717) is 37.9 Å². The third-order valence-corrected chi connectivity index (χ3v) is 4.86. The van der Waals surface area contributed by atoms with Crippen LogP contribution in [-0.4, -0.2) is 56.3 Å². The van der Waals surface area contributed by atoms with Gasteiger partial charge in [-0.1, -0.05) is 38.1 Å². The first-order chi connectivity index (χ1) is 12.1. The lowest BCUT2D eigenvalue weighted by molar-refractivity contribution is 0.0622. The van der Waals surface area contributed by atoms with Gasteiger partial charge in [0.25, 0.3) is 5.91 Å². The third-order valence-electron chi connectivity index (χ3n) is 3.97. The summed E-state index contributed by atoms with van der Waals surface area (Å²) in [6, 6.07) is 8.37. The molecule has 0 aliphatic heterocycles. The Morgan fingerprint density at radius 1 is 1.12 bits per heavy atom. The first kappa shape index (κ1) is 19.6. The number of thiazole rings is 1. The lowest BCUT2D eigenvalue weighted by atomic mass is 10.0. The van der Waals surface area contributed by atoms with Gasteiger partial charge in [0, 0.05) is 38.3 Å². The molecule has 0 bridgehead atoms. The van der Waals surface area contributed by atoms with Gasteiger partial charge in [0.05, 0.1) is 13.2 Å². The summed E-state index contributed by atoms with van der Waals surface area (Å²) >= 11 is 1.49. The zero-order valence-corrected chi connectivity index (χ0v) is 16.1. The number of hydrogen-bond acceptors (Lipinski definition) is 5. The number of methoxy groups -OCH3 is 2. The monoisotopic (exact) mass is 362 g/mol. The average Bonchev–Trinajstić information content (AvgIpc) is 3.11. The van der Waals surface area contributed by atoms with Crippen LogP contribution in [0.5, 0.6) is 0 Å². The summed E-state index contributed by atoms with van der Waals surface area (Å²) in [5, 5.41) is 2.68. The number of hydrogen-bond donors (Lipinski definition) is 0. The van der Waals surface area contributed by atoms with Gasteiger partial charge < -0.3 is 14.4 Å². The molecular formula is C19H26N2O3S. The second-order valence-corrected chi connectivity index (χ2v) is 6.95. The number of nitrogens with zero attached hydrogens (tertiary/aromatic N) is 2. The number of carbonyl (C=O) groups is 1. The summed E-state index contributed by atoms with van der Waals surface area (Å²) in [7, 11) is 3.25. The SMILES string of the molecule is COCCN(CCOC)C(=O)c1csc(-c2ccc(C(C)C)cc2)n1. The van der Waals surface area contributed by atoms with Gasteiger partial charge in [0.1, 0.15) is 10.7 Å². The summed E-state index contributed by atoms with van der Waals surface area (Å²) in [4.78, 5) is 19.0. The highest BCUT2D eigenvalue weighted by atomic mass is 32.1. The van der Waals surface area contributed by atoms with Crippen molar-refractivity contribution in [3.05, 3.63) is 40.9 Å². The van der Waals surface area contributed by atoms with Gasteiger partial charge in [-0.15, -0.1) is 11.3 Å². The maximum atomic E-state index is 12.7. The molecule has 1 amide bonds. The van der Waals surface area contributed by atoms with E-state index in [9.17, 15) is 4.79 Å². The van der Waals surface area contributed by atoms with E-state index in [1.165, 1.54) is 16.9 Å². The van der Waals surface area contributed by atoms with Crippen LogP contribution in [0.15, 0.2) is 29.6 Å². The fourth-order valence-corrected chi connectivity index (χ4v) is 3.20. The fourth-order valence-electron chi connectivity index (χ4n) is 2.40. The molecule has 1 heterocycles. The van der Waals surface area contributed by atoms with Crippen LogP contribution in [-0.2, 0) is 9.47 Å². The Morgan fingerprint density at radius 2 is 1.72 bits per heavy atom. The molecular weight excluding hydrogens is 336 g/mol. The van der Waals surface area contributed by atoms with Crippen molar-refractivity contribution < 1.29 is 14.3 Å². The van der Waals surface area contributed by atoms with Gasteiger partial charge in [-0.2, -0.15) is 0 Å². The van der Waals surface area contributed by atoms with E-state index >= 15 is 0 Å². The first-order valence-electron chi connectivity index (χ1n) is 8.39. The molecule has 0 atom stereocenters. The highest BCUT2D eigenvalue weighted by Crippen LogP contribution is 2.26. The zero-order chi connectivity index (χ0) is 18.2. The van der Waals surface area contributed by atoms with Crippen molar-refractivity contribution in [2.75, 3.05) is 40.5 Å². The minimum Gasteiger partial charge on any atom is -0.383 e. The lowest BCUT2D eigenvalue weighted by Crippen LogP contribution is -2.36. The van der Waals surface area contributed by atoms with Crippen molar-refractivity contribution in [3.8, 4) is 10.6 Å². The fraction of sp³-hybridized carbons (Fsp3) is 0.474. The van der Waals surface area contributed by atoms with Gasteiger partial charge in [-0.25, -0.2) is 4.98 Å². The van der Waals surface area contributed by atoms with Crippen molar-refractivity contribution in [2.24, 2.45) is 0 Å². The molecule has 2 rings (SSSR count). The van der Waals surface area contributed by atoms with Gasteiger partial charge in [0.15, 0.2) is 0 Å². The van der Waals surface area contributed by atoms with Crippen LogP contribution in [0.4, 0.5) is 0 Å². The highest BCUT2D eigenvalue weighted by molar-refractivity contribution is 7.13. The minimum absolute atomic E-state index is 0.0876. The van der Waals surface area contributed by atoms with Crippen molar-refractivity contribution >= 4 is 17.2 Å². The number of amides is 1. The molecule has 0 aliphatic rings.